The summed E-state index contributed by atoms with van der Waals surface area (Å²) in [4.78, 5) is 0. The molecule has 1 aromatic rings. The summed E-state index contributed by atoms with van der Waals surface area (Å²) in [5.41, 5.74) is 1.44. The minimum atomic E-state index is 0. The van der Waals surface area contributed by atoms with Crippen LogP contribution in [0.3, 0.4) is 0 Å². The Bertz CT molecular complexity index is 208. The zero-order chi connectivity index (χ0) is 16.2. The summed E-state index contributed by atoms with van der Waals surface area (Å²) in [5, 5.41) is 11.2. The molecule has 0 aliphatic rings. The standard InChI is InChI=1S/C8H11.3C3H8N.Zr/c1-7(2)8-5-3-4-6-8;3*1-3-4-2;/h3-7H,1-2H3;3*3H2,1-2H3;/q4*-1;+4. The molecular weight excluding hydrogens is 337 g/mol. The van der Waals surface area contributed by atoms with Gasteiger partial charge in [-0.25, -0.2) is 12.1 Å². The predicted octanol–water partition coefficient (Wildman–Crippen LogP) is 5.56. The number of rotatable bonds is 4. The first-order valence-corrected chi connectivity index (χ1v) is 7.43. The van der Waals surface area contributed by atoms with Crippen LogP contribution in [0.2, 0.25) is 0 Å². The summed E-state index contributed by atoms with van der Waals surface area (Å²) < 4.78 is 0. The van der Waals surface area contributed by atoms with Gasteiger partial charge in [-0.3, -0.25) is 0 Å². The van der Waals surface area contributed by atoms with Gasteiger partial charge in [-0.2, -0.15) is 58.5 Å². The Balaban J connectivity index is -0.0000000973. The number of nitrogens with zero attached hydrogens (tertiary/aromatic N) is 3. The molecule has 21 heavy (non-hydrogen) atoms. The number of hydrogen-bond donors (Lipinski definition) is 0. The van der Waals surface area contributed by atoms with Crippen molar-refractivity contribution in [2.75, 3.05) is 40.8 Å². The fraction of sp³-hybridized carbons (Fsp3) is 0.706. The van der Waals surface area contributed by atoms with Gasteiger partial charge in [0, 0.05) is 0 Å². The molecule has 0 N–H and O–H groups in total. The average Bonchev–Trinajstić information content (AvgIpc) is 3.02. The van der Waals surface area contributed by atoms with E-state index in [1.807, 2.05) is 20.8 Å². The third-order valence-electron chi connectivity index (χ3n) is 2.30. The Kier molecular flexibility index (Phi) is 39.3. The van der Waals surface area contributed by atoms with Crippen molar-refractivity contribution < 1.29 is 26.2 Å². The third kappa shape index (κ3) is 33.1. The normalized spacial score (nSPS) is 8.24. The Morgan fingerprint density at radius 3 is 1.10 bits per heavy atom. The molecule has 0 amide bonds. The molecule has 4 heteroatoms. The largest absolute Gasteiger partial charge is 4.00 e. The van der Waals surface area contributed by atoms with Crippen LogP contribution in [-0.2, 0) is 26.2 Å². The Hall–Kier alpha value is 0.113. The van der Waals surface area contributed by atoms with Crippen molar-refractivity contribution in [2.45, 2.75) is 40.5 Å². The zero-order valence-corrected chi connectivity index (χ0v) is 17.8. The van der Waals surface area contributed by atoms with Crippen LogP contribution in [0.15, 0.2) is 24.3 Å². The molecule has 0 aliphatic carbocycles. The molecule has 0 aromatic heterocycles. The van der Waals surface area contributed by atoms with E-state index in [4.69, 9.17) is 0 Å². The van der Waals surface area contributed by atoms with E-state index >= 15 is 0 Å². The Labute approximate surface area is 153 Å². The van der Waals surface area contributed by atoms with Gasteiger partial charge in [0.25, 0.3) is 0 Å². The van der Waals surface area contributed by atoms with Gasteiger partial charge in [-0.1, -0.05) is 40.5 Å². The molecule has 0 aliphatic heterocycles. The van der Waals surface area contributed by atoms with Crippen LogP contribution < -0.4 is 0 Å². The van der Waals surface area contributed by atoms with E-state index in [0.29, 0.717) is 5.92 Å². The second-order valence-electron chi connectivity index (χ2n) is 4.27. The molecule has 0 saturated heterocycles. The van der Waals surface area contributed by atoms with E-state index < -0.39 is 0 Å². The summed E-state index contributed by atoms with van der Waals surface area (Å²) in [6.07, 6.45) is 0. The van der Waals surface area contributed by atoms with Crippen LogP contribution in [0.4, 0.5) is 0 Å². The molecule has 0 bridgehead atoms. The van der Waals surface area contributed by atoms with E-state index in [0.717, 1.165) is 19.6 Å². The quantitative estimate of drug-likeness (QED) is 0.621. The summed E-state index contributed by atoms with van der Waals surface area (Å²) >= 11 is 0. The third-order valence-corrected chi connectivity index (χ3v) is 2.30. The Morgan fingerprint density at radius 1 is 0.762 bits per heavy atom. The summed E-state index contributed by atoms with van der Waals surface area (Å²) in [5.74, 6) is 0.685. The van der Waals surface area contributed by atoms with Gasteiger partial charge in [0.1, 0.15) is 0 Å². The van der Waals surface area contributed by atoms with Crippen LogP contribution >= 0.6 is 0 Å². The summed E-state index contributed by atoms with van der Waals surface area (Å²) in [6, 6.07) is 8.47. The van der Waals surface area contributed by atoms with Crippen molar-refractivity contribution in [1.82, 2.24) is 0 Å². The molecule has 0 saturated carbocycles. The van der Waals surface area contributed by atoms with E-state index in [2.05, 4.69) is 54.1 Å². The van der Waals surface area contributed by atoms with Gasteiger partial charge in [0.05, 0.1) is 0 Å². The van der Waals surface area contributed by atoms with Gasteiger partial charge in [0.2, 0.25) is 0 Å². The van der Waals surface area contributed by atoms with E-state index in [-0.39, 0.29) is 26.2 Å². The van der Waals surface area contributed by atoms with Crippen LogP contribution in [0.5, 0.6) is 0 Å². The Morgan fingerprint density at radius 2 is 1.00 bits per heavy atom. The zero-order valence-electron chi connectivity index (χ0n) is 15.3. The van der Waals surface area contributed by atoms with Crippen molar-refractivity contribution in [1.29, 1.82) is 0 Å². The smallest absolute Gasteiger partial charge is 0.665 e. The van der Waals surface area contributed by atoms with Crippen molar-refractivity contribution in [3.05, 3.63) is 45.8 Å². The minimum absolute atomic E-state index is 0. The first-order chi connectivity index (χ1) is 9.55. The molecule has 0 fully saturated rings. The van der Waals surface area contributed by atoms with Crippen molar-refractivity contribution >= 4 is 0 Å². The van der Waals surface area contributed by atoms with Gasteiger partial charge < -0.3 is 16.0 Å². The molecule has 122 valence electrons. The maximum absolute atomic E-state index is 3.74. The van der Waals surface area contributed by atoms with Crippen molar-refractivity contribution in [2.24, 2.45) is 0 Å². The molecular formula is C17H35N3Zr. The average molecular weight is 373 g/mol. The first-order valence-electron chi connectivity index (χ1n) is 7.43. The molecule has 0 unspecified atom stereocenters. The maximum Gasteiger partial charge on any atom is 4.00 e. The monoisotopic (exact) mass is 371 g/mol. The maximum atomic E-state index is 3.74. The fourth-order valence-electron chi connectivity index (χ4n) is 0.774. The molecule has 0 spiro atoms. The SMILES string of the molecule is CC(C)[c-]1cccc1.CC[N-]C.CC[N-]C.CC[N-]C.[Zr+4]. The topological polar surface area (TPSA) is 42.3 Å². The summed E-state index contributed by atoms with van der Waals surface area (Å²) in [6.45, 7) is 13.3. The fourth-order valence-corrected chi connectivity index (χ4v) is 0.774. The first kappa shape index (κ1) is 29.2. The molecule has 0 radical (unpaired) electrons. The molecule has 1 rings (SSSR count). The molecule has 1 aromatic carbocycles. The molecule has 3 nitrogen and oxygen atoms in total. The van der Waals surface area contributed by atoms with E-state index in [1.54, 1.807) is 21.1 Å². The van der Waals surface area contributed by atoms with Gasteiger partial charge in [0.15, 0.2) is 0 Å². The van der Waals surface area contributed by atoms with Gasteiger partial charge in [-0.15, -0.1) is 0 Å². The van der Waals surface area contributed by atoms with Crippen LogP contribution in [0.25, 0.3) is 16.0 Å². The van der Waals surface area contributed by atoms with Crippen molar-refractivity contribution in [3.63, 3.8) is 0 Å². The van der Waals surface area contributed by atoms with Crippen LogP contribution in [0, 0.1) is 0 Å². The summed E-state index contributed by atoms with van der Waals surface area (Å²) in [7, 11) is 5.42. The number of hydrogen-bond acceptors (Lipinski definition) is 0. The van der Waals surface area contributed by atoms with E-state index in [9.17, 15) is 0 Å². The predicted molar refractivity (Wildman–Crippen MR) is 95.6 cm³/mol. The van der Waals surface area contributed by atoms with Crippen LogP contribution in [0.1, 0.15) is 46.1 Å². The van der Waals surface area contributed by atoms with Gasteiger partial charge in [-0.05, 0) is 0 Å². The second-order valence-corrected chi connectivity index (χ2v) is 4.27. The minimum Gasteiger partial charge on any atom is -0.665 e. The molecule has 0 atom stereocenters. The van der Waals surface area contributed by atoms with Crippen molar-refractivity contribution in [3.8, 4) is 0 Å². The van der Waals surface area contributed by atoms with E-state index in [1.165, 1.54) is 5.56 Å². The van der Waals surface area contributed by atoms with Crippen LogP contribution in [-0.4, -0.2) is 40.8 Å². The molecule has 0 heterocycles. The second kappa shape index (κ2) is 28.3. The van der Waals surface area contributed by atoms with Gasteiger partial charge >= 0.3 is 26.2 Å².